The normalized spacial score (nSPS) is 26.0. The summed E-state index contributed by atoms with van der Waals surface area (Å²) in [6.45, 7) is 2.94. The van der Waals surface area contributed by atoms with Gasteiger partial charge in [0.15, 0.2) is 0 Å². The first-order valence-electron chi connectivity index (χ1n) is 7.70. The number of aryl methyl sites for hydroxylation is 1. The second-order valence-corrected chi connectivity index (χ2v) is 6.58. The maximum Gasteiger partial charge on any atom is 0.223 e. The molecule has 21 heavy (non-hydrogen) atoms. The lowest BCUT2D eigenvalue weighted by atomic mass is 9.91. The lowest BCUT2D eigenvalue weighted by molar-refractivity contribution is -0.124. The van der Waals surface area contributed by atoms with Crippen molar-refractivity contribution in [1.29, 1.82) is 0 Å². The Morgan fingerprint density at radius 2 is 2.05 bits per heavy atom. The number of nitrogens with two attached hydrogens (primary N) is 1. The van der Waals surface area contributed by atoms with Gasteiger partial charge in [0, 0.05) is 23.9 Å². The van der Waals surface area contributed by atoms with Gasteiger partial charge < -0.3 is 11.1 Å². The summed E-state index contributed by atoms with van der Waals surface area (Å²) in [4.78, 5) is 12.2. The summed E-state index contributed by atoms with van der Waals surface area (Å²) in [7, 11) is 0. The van der Waals surface area contributed by atoms with Gasteiger partial charge in [0.2, 0.25) is 5.91 Å². The molecular formula is C17H25ClN2O. The van der Waals surface area contributed by atoms with E-state index in [0.717, 1.165) is 25.8 Å². The van der Waals surface area contributed by atoms with Gasteiger partial charge in [-0.1, -0.05) is 24.3 Å². The van der Waals surface area contributed by atoms with Gasteiger partial charge in [-0.3, -0.25) is 4.79 Å². The Kier molecular flexibility index (Phi) is 4.95. The lowest BCUT2D eigenvalue weighted by Gasteiger charge is -2.20. The lowest BCUT2D eigenvalue weighted by Crippen LogP contribution is -2.36. The molecule has 1 aromatic rings. The van der Waals surface area contributed by atoms with Crippen LogP contribution in [0, 0.1) is 12.8 Å². The quantitative estimate of drug-likeness (QED) is 0.898. The number of nitrogens with one attached hydrogen (secondary N) is 1. The number of hydrogen-bond acceptors (Lipinski definition) is 2. The molecule has 0 saturated heterocycles. The summed E-state index contributed by atoms with van der Waals surface area (Å²) in [5.74, 6) is 0.343. The molecular weight excluding hydrogens is 284 g/mol. The van der Waals surface area contributed by atoms with Gasteiger partial charge in [-0.25, -0.2) is 0 Å². The number of hydrogen-bond donors (Lipinski definition) is 2. The predicted octanol–water partition coefficient (Wildman–Crippen LogP) is 2.69. The number of carbonyl (C=O) groups excluding carboxylic acids is 1. The molecule has 1 aromatic carbocycles. The van der Waals surface area contributed by atoms with Crippen LogP contribution < -0.4 is 11.1 Å². The standard InChI is InChI=1S/C17H24N2O.ClH/c1-12-4-2-3-5-15(12)17(8-9-17)11-19-16(20)13-6-7-14(18)10-13;/h2-5,13-14H,6-11,18H2,1H3,(H,19,20);1H. The van der Waals surface area contributed by atoms with Crippen molar-refractivity contribution < 1.29 is 4.79 Å². The molecule has 4 heteroatoms. The molecule has 0 spiro atoms. The molecule has 2 atom stereocenters. The van der Waals surface area contributed by atoms with Crippen LogP contribution in [0.15, 0.2) is 24.3 Å². The fourth-order valence-corrected chi connectivity index (χ4v) is 3.52. The highest BCUT2D eigenvalue weighted by atomic mass is 35.5. The summed E-state index contributed by atoms with van der Waals surface area (Å²) in [5.41, 5.74) is 8.83. The van der Waals surface area contributed by atoms with E-state index in [9.17, 15) is 4.79 Å². The molecule has 2 unspecified atom stereocenters. The smallest absolute Gasteiger partial charge is 0.223 e. The van der Waals surface area contributed by atoms with E-state index < -0.39 is 0 Å². The second-order valence-electron chi connectivity index (χ2n) is 6.58. The molecule has 0 radical (unpaired) electrons. The van der Waals surface area contributed by atoms with E-state index in [1.54, 1.807) is 0 Å². The van der Waals surface area contributed by atoms with Crippen LogP contribution in [0.25, 0.3) is 0 Å². The summed E-state index contributed by atoms with van der Waals surface area (Å²) in [5, 5.41) is 3.18. The molecule has 1 amide bonds. The Balaban J connectivity index is 0.00000161. The Morgan fingerprint density at radius 1 is 1.33 bits per heavy atom. The molecule has 2 fully saturated rings. The molecule has 116 valence electrons. The summed E-state index contributed by atoms with van der Waals surface area (Å²) >= 11 is 0. The zero-order valence-electron chi connectivity index (χ0n) is 12.6. The molecule has 0 aromatic heterocycles. The molecule has 3 rings (SSSR count). The van der Waals surface area contributed by atoms with Gasteiger partial charge in [-0.2, -0.15) is 0 Å². The first-order valence-corrected chi connectivity index (χ1v) is 7.70. The largest absolute Gasteiger partial charge is 0.355 e. The van der Waals surface area contributed by atoms with Gasteiger partial charge in [-0.05, 0) is 50.2 Å². The first kappa shape index (κ1) is 16.3. The van der Waals surface area contributed by atoms with Crippen molar-refractivity contribution in [2.75, 3.05) is 6.54 Å². The number of carbonyl (C=O) groups is 1. The molecule has 3 N–H and O–H groups in total. The van der Waals surface area contributed by atoms with Crippen molar-refractivity contribution in [1.82, 2.24) is 5.32 Å². The topological polar surface area (TPSA) is 55.1 Å². The van der Waals surface area contributed by atoms with Crippen LogP contribution in [0.1, 0.15) is 43.2 Å². The van der Waals surface area contributed by atoms with Crippen molar-refractivity contribution in [2.24, 2.45) is 11.7 Å². The highest BCUT2D eigenvalue weighted by molar-refractivity contribution is 5.85. The minimum Gasteiger partial charge on any atom is -0.355 e. The summed E-state index contributed by atoms with van der Waals surface area (Å²) in [6, 6.07) is 8.76. The van der Waals surface area contributed by atoms with E-state index in [0.29, 0.717) is 0 Å². The average molecular weight is 309 g/mol. The van der Waals surface area contributed by atoms with Crippen LogP contribution >= 0.6 is 12.4 Å². The zero-order valence-corrected chi connectivity index (χ0v) is 13.4. The van der Waals surface area contributed by atoms with Crippen molar-refractivity contribution in [3.05, 3.63) is 35.4 Å². The van der Waals surface area contributed by atoms with E-state index in [1.165, 1.54) is 24.0 Å². The number of rotatable bonds is 4. The van der Waals surface area contributed by atoms with E-state index in [-0.39, 0.29) is 35.7 Å². The van der Waals surface area contributed by atoms with Crippen LogP contribution in [0.2, 0.25) is 0 Å². The van der Waals surface area contributed by atoms with E-state index in [1.807, 2.05) is 0 Å². The third-order valence-corrected chi connectivity index (χ3v) is 5.01. The van der Waals surface area contributed by atoms with E-state index in [4.69, 9.17) is 5.73 Å². The molecule has 0 aliphatic heterocycles. The summed E-state index contributed by atoms with van der Waals surface area (Å²) < 4.78 is 0. The Labute approximate surface area is 133 Å². The number of benzene rings is 1. The maximum absolute atomic E-state index is 12.2. The van der Waals surface area contributed by atoms with Crippen LogP contribution in [0.4, 0.5) is 0 Å². The minimum absolute atomic E-state index is 0. The molecule has 3 nitrogen and oxygen atoms in total. The van der Waals surface area contributed by atoms with Crippen molar-refractivity contribution in [3.63, 3.8) is 0 Å². The first-order chi connectivity index (χ1) is 9.61. The van der Waals surface area contributed by atoms with E-state index in [2.05, 4.69) is 36.5 Å². The van der Waals surface area contributed by atoms with Gasteiger partial charge in [0.1, 0.15) is 0 Å². The Hall–Kier alpha value is -1.06. The second kappa shape index (κ2) is 6.37. The van der Waals surface area contributed by atoms with Crippen molar-refractivity contribution in [2.45, 2.75) is 50.5 Å². The van der Waals surface area contributed by atoms with Gasteiger partial charge in [-0.15, -0.1) is 12.4 Å². The fraction of sp³-hybridized carbons (Fsp3) is 0.588. The number of halogens is 1. The fourth-order valence-electron chi connectivity index (χ4n) is 3.52. The minimum atomic E-state index is 0. The third-order valence-electron chi connectivity index (χ3n) is 5.01. The van der Waals surface area contributed by atoms with E-state index >= 15 is 0 Å². The molecule has 2 aliphatic carbocycles. The van der Waals surface area contributed by atoms with Crippen molar-refractivity contribution in [3.8, 4) is 0 Å². The third kappa shape index (κ3) is 3.41. The molecule has 2 saturated carbocycles. The summed E-state index contributed by atoms with van der Waals surface area (Å²) in [6.07, 6.45) is 5.15. The van der Waals surface area contributed by atoms with Crippen molar-refractivity contribution >= 4 is 18.3 Å². The maximum atomic E-state index is 12.2. The van der Waals surface area contributed by atoms with Crippen LogP contribution in [-0.4, -0.2) is 18.5 Å². The van der Waals surface area contributed by atoms with Gasteiger partial charge in [0.25, 0.3) is 0 Å². The highest BCUT2D eigenvalue weighted by Crippen LogP contribution is 2.48. The van der Waals surface area contributed by atoms with Gasteiger partial charge in [0.05, 0.1) is 0 Å². The highest BCUT2D eigenvalue weighted by Gasteiger charge is 2.45. The van der Waals surface area contributed by atoms with Crippen LogP contribution in [0.3, 0.4) is 0 Å². The molecule has 2 aliphatic rings. The molecule has 0 heterocycles. The Morgan fingerprint density at radius 3 is 2.62 bits per heavy atom. The number of amides is 1. The average Bonchev–Trinajstić information content (AvgIpc) is 3.10. The zero-order chi connectivity index (χ0) is 14.2. The predicted molar refractivity (Wildman–Crippen MR) is 87.7 cm³/mol. The monoisotopic (exact) mass is 308 g/mol. The SMILES string of the molecule is Cc1ccccc1C1(CNC(=O)C2CCC(N)C2)CC1.Cl. The van der Waals surface area contributed by atoms with Crippen LogP contribution in [0.5, 0.6) is 0 Å². The molecule has 0 bridgehead atoms. The Bertz CT molecular complexity index is 513. The van der Waals surface area contributed by atoms with Gasteiger partial charge >= 0.3 is 0 Å². The van der Waals surface area contributed by atoms with Crippen LogP contribution in [-0.2, 0) is 10.2 Å².